The molecule has 0 saturated heterocycles. The molecule has 2 rings (SSSR count). The summed E-state index contributed by atoms with van der Waals surface area (Å²) in [6.07, 6.45) is -0.0727. The fraction of sp³-hybridized carbons (Fsp3) is 0.357. The summed E-state index contributed by atoms with van der Waals surface area (Å²) in [6.45, 7) is 3.76. The summed E-state index contributed by atoms with van der Waals surface area (Å²) in [4.78, 5) is 12.1. The number of aromatic nitrogens is 3. The zero-order valence-electron chi connectivity index (χ0n) is 12.1. The third-order valence-electron chi connectivity index (χ3n) is 2.47. The van der Waals surface area contributed by atoms with Crippen LogP contribution in [0.5, 0.6) is 12.0 Å². The number of hydrogen-bond donors (Lipinski definition) is 1. The van der Waals surface area contributed by atoms with Gasteiger partial charge in [-0.15, -0.1) is 4.98 Å². The van der Waals surface area contributed by atoms with E-state index < -0.39 is 0 Å². The summed E-state index contributed by atoms with van der Waals surface area (Å²) in [5, 5.41) is 2.79. The lowest BCUT2D eigenvalue weighted by Gasteiger charge is -2.11. The molecule has 0 spiro atoms. The number of anilines is 1. The van der Waals surface area contributed by atoms with Crippen LogP contribution in [-0.2, 0) is 6.61 Å². The van der Waals surface area contributed by atoms with Crippen LogP contribution in [0.2, 0.25) is 0 Å². The number of ether oxygens (including phenoxy) is 2. The zero-order chi connectivity index (χ0) is 15.2. The molecular weight excluding hydrogens is 275 g/mol. The Labute approximate surface area is 122 Å². The summed E-state index contributed by atoms with van der Waals surface area (Å²) in [6, 6.07) is 6.61. The van der Waals surface area contributed by atoms with Crippen LogP contribution >= 0.6 is 0 Å². The molecule has 0 fully saturated rings. The van der Waals surface area contributed by atoms with Crippen LogP contribution in [-0.4, -0.2) is 28.1 Å². The van der Waals surface area contributed by atoms with Gasteiger partial charge >= 0.3 is 12.0 Å². The third-order valence-corrected chi connectivity index (χ3v) is 2.47. The van der Waals surface area contributed by atoms with Gasteiger partial charge in [-0.1, -0.05) is 18.2 Å². The zero-order valence-corrected chi connectivity index (χ0v) is 12.1. The molecule has 0 radical (unpaired) electrons. The van der Waals surface area contributed by atoms with Crippen molar-refractivity contribution in [3.05, 3.63) is 35.6 Å². The molecule has 1 N–H and O–H groups in total. The maximum absolute atomic E-state index is 13.5. The third kappa shape index (κ3) is 4.27. The molecule has 1 aromatic heterocycles. The Morgan fingerprint density at radius 3 is 2.52 bits per heavy atom. The molecule has 0 aliphatic carbocycles. The number of nitrogens with one attached hydrogen (secondary N) is 1. The van der Waals surface area contributed by atoms with Crippen LogP contribution < -0.4 is 14.8 Å². The van der Waals surface area contributed by atoms with E-state index in [1.807, 2.05) is 13.8 Å². The molecule has 0 atom stereocenters. The Kier molecular flexibility index (Phi) is 4.86. The molecule has 1 heterocycles. The Balaban J connectivity index is 2.13. The molecule has 0 unspecified atom stereocenters. The molecule has 0 amide bonds. The highest BCUT2D eigenvalue weighted by molar-refractivity contribution is 5.26. The predicted octanol–water partition coefficient (Wildman–Crippen LogP) is 2.42. The minimum absolute atomic E-state index is 0.0287. The number of hydrogen-bond acceptors (Lipinski definition) is 6. The smallest absolute Gasteiger partial charge is 0.324 e. The van der Waals surface area contributed by atoms with Gasteiger partial charge in [0, 0.05) is 12.6 Å². The molecule has 7 heteroatoms. The van der Waals surface area contributed by atoms with E-state index >= 15 is 0 Å². The molecule has 0 saturated carbocycles. The molecule has 112 valence electrons. The molecule has 2 aromatic rings. The highest BCUT2D eigenvalue weighted by Gasteiger charge is 2.10. The Hall–Kier alpha value is -2.44. The van der Waals surface area contributed by atoms with Crippen LogP contribution in [0.15, 0.2) is 24.3 Å². The van der Waals surface area contributed by atoms with Crippen LogP contribution in [0.25, 0.3) is 0 Å². The summed E-state index contributed by atoms with van der Waals surface area (Å²) >= 11 is 0. The second-order valence-electron chi connectivity index (χ2n) is 4.52. The molecule has 6 nitrogen and oxygen atoms in total. The molecule has 21 heavy (non-hydrogen) atoms. The van der Waals surface area contributed by atoms with E-state index in [9.17, 15) is 4.39 Å². The maximum atomic E-state index is 13.5. The first-order chi connectivity index (χ1) is 10.1. The minimum atomic E-state index is -0.334. The van der Waals surface area contributed by atoms with Gasteiger partial charge in [0.25, 0.3) is 0 Å². The second kappa shape index (κ2) is 6.83. The summed E-state index contributed by atoms with van der Waals surface area (Å²) in [5.74, 6) is -0.0109. The van der Waals surface area contributed by atoms with Crippen molar-refractivity contribution in [1.29, 1.82) is 0 Å². The summed E-state index contributed by atoms with van der Waals surface area (Å²) in [5.41, 5.74) is 0.426. The van der Waals surface area contributed by atoms with Crippen molar-refractivity contribution in [2.75, 3.05) is 12.4 Å². The average Bonchev–Trinajstić information content (AvgIpc) is 2.45. The van der Waals surface area contributed by atoms with E-state index in [-0.39, 0.29) is 30.5 Å². The minimum Gasteiger partial charge on any atom is -0.461 e. The van der Waals surface area contributed by atoms with E-state index in [1.54, 1.807) is 25.2 Å². The van der Waals surface area contributed by atoms with Crippen molar-refractivity contribution in [2.45, 2.75) is 26.6 Å². The topological polar surface area (TPSA) is 69.2 Å². The van der Waals surface area contributed by atoms with Gasteiger partial charge in [-0.2, -0.15) is 9.97 Å². The lowest BCUT2D eigenvalue weighted by Crippen LogP contribution is -2.12. The van der Waals surface area contributed by atoms with E-state index in [1.165, 1.54) is 6.07 Å². The monoisotopic (exact) mass is 292 g/mol. The molecule has 0 aliphatic heterocycles. The van der Waals surface area contributed by atoms with Crippen LogP contribution in [0.4, 0.5) is 10.3 Å². The number of rotatable bonds is 6. The highest BCUT2D eigenvalue weighted by atomic mass is 19.1. The van der Waals surface area contributed by atoms with Gasteiger partial charge in [-0.3, -0.25) is 0 Å². The summed E-state index contributed by atoms with van der Waals surface area (Å²) in [7, 11) is 1.68. The van der Waals surface area contributed by atoms with Crippen molar-refractivity contribution < 1.29 is 13.9 Å². The molecule has 0 aliphatic rings. The SMILES string of the molecule is CNc1nc(OCc2ccccc2F)nc(OC(C)C)n1. The second-order valence-corrected chi connectivity index (χ2v) is 4.52. The molecule has 0 bridgehead atoms. The van der Waals surface area contributed by atoms with Gasteiger partial charge < -0.3 is 14.8 Å². The quantitative estimate of drug-likeness (QED) is 0.881. The highest BCUT2D eigenvalue weighted by Crippen LogP contribution is 2.16. The van der Waals surface area contributed by atoms with Crippen molar-refractivity contribution >= 4 is 5.95 Å². The van der Waals surface area contributed by atoms with Crippen molar-refractivity contribution in [3.63, 3.8) is 0 Å². The predicted molar refractivity (Wildman–Crippen MR) is 75.9 cm³/mol. The van der Waals surface area contributed by atoms with Gasteiger partial charge in [0.1, 0.15) is 12.4 Å². The number of halogens is 1. The van der Waals surface area contributed by atoms with Crippen molar-refractivity contribution in [3.8, 4) is 12.0 Å². The van der Waals surface area contributed by atoms with E-state index in [4.69, 9.17) is 9.47 Å². The van der Waals surface area contributed by atoms with E-state index in [2.05, 4.69) is 20.3 Å². The number of nitrogens with zero attached hydrogens (tertiary/aromatic N) is 3. The van der Waals surface area contributed by atoms with Crippen LogP contribution in [0, 0.1) is 5.82 Å². The van der Waals surface area contributed by atoms with Gasteiger partial charge in [-0.05, 0) is 19.9 Å². The normalized spacial score (nSPS) is 10.5. The first-order valence-corrected chi connectivity index (χ1v) is 6.55. The Morgan fingerprint density at radius 2 is 1.86 bits per heavy atom. The Morgan fingerprint density at radius 1 is 1.14 bits per heavy atom. The van der Waals surface area contributed by atoms with Crippen molar-refractivity contribution in [2.24, 2.45) is 0 Å². The van der Waals surface area contributed by atoms with Crippen molar-refractivity contribution in [1.82, 2.24) is 15.0 Å². The maximum Gasteiger partial charge on any atom is 0.324 e. The van der Waals surface area contributed by atoms with Gasteiger partial charge in [0.2, 0.25) is 5.95 Å². The summed E-state index contributed by atoms with van der Waals surface area (Å²) < 4.78 is 24.4. The van der Waals surface area contributed by atoms with Gasteiger partial charge in [-0.25, -0.2) is 4.39 Å². The van der Waals surface area contributed by atoms with E-state index in [0.29, 0.717) is 11.5 Å². The average molecular weight is 292 g/mol. The van der Waals surface area contributed by atoms with E-state index in [0.717, 1.165) is 0 Å². The fourth-order valence-corrected chi connectivity index (χ4v) is 1.54. The van der Waals surface area contributed by atoms with Gasteiger partial charge in [0.15, 0.2) is 0 Å². The lowest BCUT2D eigenvalue weighted by atomic mass is 10.2. The first-order valence-electron chi connectivity index (χ1n) is 6.55. The van der Waals surface area contributed by atoms with Gasteiger partial charge in [0.05, 0.1) is 6.10 Å². The first kappa shape index (κ1) is 15.0. The van der Waals surface area contributed by atoms with Crippen LogP contribution in [0.3, 0.4) is 0 Å². The lowest BCUT2D eigenvalue weighted by molar-refractivity contribution is 0.211. The largest absolute Gasteiger partial charge is 0.461 e. The molecular formula is C14H17FN4O2. The van der Waals surface area contributed by atoms with Crippen LogP contribution in [0.1, 0.15) is 19.4 Å². The molecule has 1 aromatic carbocycles. The standard InChI is InChI=1S/C14H17FN4O2/c1-9(2)21-14-18-12(16-3)17-13(19-14)20-8-10-6-4-5-7-11(10)15/h4-7,9H,8H2,1-3H3,(H,16,17,18,19). The number of benzene rings is 1. The Bertz CT molecular complexity index is 607. The fourth-order valence-electron chi connectivity index (χ4n) is 1.54.